The Kier molecular flexibility index (Phi) is 4.98. The van der Waals surface area contributed by atoms with Gasteiger partial charge in [0.15, 0.2) is 11.5 Å². The minimum absolute atomic E-state index is 0.254. The molecule has 3 heterocycles. The van der Waals surface area contributed by atoms with Crippen LogP contribution in [0.4, 0.5) is 28.8 Å². The van der Waals surface area contributed by atoms with Crippen LogP contribution < -0.4 is 25.0 Å². The van der Waals surface area contributed by atoms with Gasteiger partial charge < -0.3 is 29.7 Å². The van der Waals surface area contributed by atoms with E-state index < -0.39 is 0 Å². The minimum atomic E-state index is 0.254. The van der Waals surface area contributed by atoms with E-state index in [1.54, 1.807) is 6.20 Å². The van der Waals surface area contributed by atoms with Crippen LogP contribution in [-0.2, 0) is 4.74 Å². The molecule has 0 amide bonds. The maximum Gasteiger partial charge on any atom is 0.231 e. The molecule has 0 aliphatic carbocycles. The molecule has 30 heavy (non-hydrogen) atoms. The number of nitrogens with zero attached hydrogens (tertiary/aromatic N) is 3. The van der Waals surface area contributed by atoms with Crippen molar-refractivity contribution in [2.24, 2.45) is 0 Å². The molecule has 8 nitrogen and oxygen atoms in total. The number of morpholine rings is 1. The number of aryl methyl sites for hydroxylation is 1. The average Bonchev–Trinajstić information content (AvgIpc) is 3.25. The molecule has 0 radical (unpaired) electrons. The van der Waals surface area contributed by atoms with Crippen LogP contribution in [0.2, 0.25) is 0 Å². The largest absolute Gasteiger partial charge is 0.454 e. The second kappa shape index (κ2) is 8.08. The lowest BCUT2D eigenvalue weighted by atomic mass is 10.2. The van der Waals surface area contributed by atoms with Gasteiger partial charge in [-0.25, -0.2) is 4.98 Å². The van der Waals surface area contributed by atoms with E-state index in [9.17, 15) is 0 Å². The van der Waals surface area contributed by atoms with E-state index >= 15 is 0 Å². The second-order valence-corrected chi connectivity index (χ2v) is 7.19. The van der Waals surface area contributed by atoms with Gasteiger partial charge in [0.1, 0.15) is 5.82 Å². The molecule has 2 aliphatic heterocycles. The predicted octanol–water partition coefficient (Wildman–Crippen LogP) is 3.84. The molecule has 1 aromatic heterocycles. The van der Waals surface area contributed by atoms with Gasteiger partial charge in [-0.2, -0.15) is 4.98 Å². The Hall–Kier alpha value is -3.52. The van der Waals surface area contributed by atoms with Gasteiger partial charge in [-0.3, -0.25) is 0 Å². The molecule has 1 fully saturated rings. The lowest BCUT2D eigenvalue weighted by Crippen LogP contribution is -2.36. The number of benzene rings is 2. The van der Waals surface area contributed by atoms with Crippen molar-refractivity contribution in [3.63, 3.8) is 0 Å². The molecule has 0 unspecified atom stereocenters. The fourth-order valence-electron chi connectivity index (χ4n) is 3.45. The molecule has 154 valence electrons. The van der Waals surface area contributed by atoms with Gasteiger partial charge in [0, 0.05) is 48.0 Å². The summed E-state index contributed by atoms with van der Waals surface area (Å²) in [5, 5.41) is 6.61. The van der Waals surface area contributed by atoms with Crippen molar-refractivity contribution in [2.75, 3.05) is 48.6 Å². The van der Waals surface area contributed by atoms with Crippen molar-refractivity contribution < 1.29 is 14.2 Å². The summed E-state index contributed by atoms with van der Waals surface area (Å²) in [5.41, 5.74) is 3.95. The Balaban J connectivity index is 1.29. The van der Waals surface area contributed by atoms with Gasteiger partial charge in [-0.1, -0.05) is 0 Å². The summed E-state index contributed by atoms with van der Waals surface area (Å²) in [6.07, 6.45) is 1.80. The number of fused-ring (bicyclic) bond motifs is 1. The standard InChI is InChI=1S/C22H23N5O3/c1-15-13-23-22(25-16-2-5-18(6-3-16)27-8-10-28-11-9-27)26-21(15)24-17-4-7-19-20(12-17)30-14-29-19/h2-7,12-13H,8-11,14H2,1H3,(H2,23,24,25,26). The van der Waals surface area contributed by atoms with Crippen LogP contribution in [0, 0.1) is 6.92 Å². The van der Waals surface area contributed by atoms with Crippen LogP contribution >= 0.6 is 0 Å². The summed E-state index contributed by atoms with van der Waals surface area (Å²) in [5.74, 6) is 2.74. The Morgan fingerprint density at radius 2 is 1.67 bits per heavy atom. The molecule has 0 spiro atoms. The molecular formula is C22H23N5O3. The van der Waals surface area contributed by atoms with E-state index in [-0.39, 0.29) is 6.79 Å². The summed E-state index contributed by atoms with van der Waals surface area (Å²) in [6, 6.07) is 14.0. The Morgan fingerprint density at radius 3 is 2.50 bits per heavy atom. The minimum Gasteiger partial charge on any atom is -0.454 e. The lowest BCUT2D eigenvalue weighted by molar-refractivity contribution is 0.122. The Labute approximate surface area is 174 Å². The van der Waals surface area contributed by atoms with Gasteiger partial charge in [0.2, 0.25) is 12.7 Å². The second-order valence-electron chi connectivity index (χ2n) is 7.19. The van der Waals surface area contributed by atoms with E-state index in [0.717, 1.165) is 60.6 Å². The molecule has 0 saturated carbocycles. The molecular weight excluding hydrogens is 382 g/mol. The van der Waals surface area contributed by atoms with Crippen molar-refractivity contribution >= 4 is 28.8 Å². The summed E-state index contributed by atoms with van der Waals surface area (Å²) >= 11 is 0. The number of hydrogen-bond acceptors (Lipinski definition) is 8. The molecule has 0 bridgehead atoms. The first-order valence-corrected chi connectivity index (χ1v) is 9.95. The fraction of sp³-hybridized carbons (Fsp3) is 0.273. The molecule has 2 aliphatic rings. The maximum absolute atomic E-state index is 5.45. The highest BCUT2D eigenvalue weighted by atomic mass is 16.7. The van der Waals surface area contributed by atoms with Crippen LogP contribution in [0.25, 0.3) is 0 Å². The van der Waals surface area contributed by atoms with E-state index in [4.69, 9.17) is 14.2 Å². The first-order valence-electron chi connectivity index (χ1n) is 9.95. The zero-order chi connectivity index (χ0) is 20.3. The third-order valence-electron chi connectivity index (χ3n) is 5.11. The van der Waals surface area contributed by atoms with E-state index in [2.05, 4.69) is 37.6 Å². The molecule has 2 aromatic carbocycles. The lowest BCUT2D eigenvalue weighted by Gasteiger charge is -2.28. The molecule has 5 rings (SSSR count). The zero-order valence-corrected chi connectivity index (χ0v) is 16.7. The molecule has 0 atom stereocenters. The number of ether oxygens (including phenoxy) is 3. The van der Waals surface area contributed by atoms with Crippen molar-refractivity contribution in [1.82, 2.24) is 9.97 Å². The maximum atomic E-state index is 5.45. The van der Waals surface area contributed by atoms with Crippen LogP contribution in [0.5, 0.6) is 11.5 Å². The highest BCUT2D eigenvalue weighted by Gasteiger charge is 2.14. The summed E-state index contributed by atoms with van der Waals surface area (Å²) in [4.78, 5) is 11.4. The highest BCUT2D eigenvalue weighted by molar-refractivity contribution is 5.65. The van der Waals surface area contributed by atoms with E-state index in [1.807, 2.05) is 37.3 Å². The van der Waals surface area contributed by atoms with E-state index in [1.165, 1.54) is 5.69 Å². The quantitative estimate of drug-likeness (QED) is 0.663. The van der Waals surface area contributed by atoms with Crippen molar-refractivity contribution in [3.05, 3.63) is 54.2 Å². The monoisotopic (exact) mass is 405 g/mol. The first kappa shape index (κ1) is 18.5. The first-order chi connectivity index (χ1) is 14.7. The Morgan fingerprint density at radius 1 is 0.900 bits per heavy atom. The SMILES string of the molecule is Cc1cnc(Nc2ccc(N3CCOCC3)cc2)nc1Nc1ccc2c(c1)OCO2. The van der Waals surface area contributed by atoms with Gasteiger partial charge in [-0.05, 0) is 43.3 Å². The van der Waals surface area contributed by atoms with Gasteiger partial charge in [0.05, 0.1) is 13.2 Å². The number of anilines is 5. The van der Waals surface area contributed by atoms with E-state index in [0.29, 0.717) is 5.95 Å². The third kappa shape index (κ3) is 3.95. The average molecular weight is 405 g/mol. The molecule has 8 heteroatoms. The van der Waals surface area contributed by atoms with Gasteiger partial charge in [-0.15, -0.1) is 0 Å². The Bertz CT molecular complexity index is 1040. The van der Waals surface area contributed by atoms with Gasteiger partial charge in [0.25, 0.3) is 0 Å². The summed E-state index contributed by atoms with van der Waals surface area (Å²) < 4.78 is 16.2. The van der Waals surface area contributed by atoms with Crippen molar-refractivity contribution in [3.8, 4) is 11.5 Å². The smallest absolute Gasteiger partial charge is 0.231 e. The predicted molar refractivity (Wildman–Crippen MR) is 115 cm³/mol. The fourth-order valence-corrected chi connectivity index (χ4v) is 3.45. The van der Waals surface area contributed by atoms with Gasteiger partial charge >= 0.3 is 0 Å². The third-order valence-corrected chi connectivity index (χ3v) is 5.11. The zero-order valence-electron chi connectivity index (χ0n) is 16.7. The number of hydrogen-bond donors (Lipinski definition) is 2. The van der Waals surface area contributed by atoms with Crippen LogP contribution in [-0.4, -0.2) is 43.1 Å². The summed E-state index contributed by atoms with van der Waals surface area (Å²) in [6.45, 7) is 5.61. The van der Waals surface area contributed by atoms with Crippen LogP contribution in [0.3, 0.4) is 0 Å². The topological polar surface area (TPSA) is 80.8 Å². The van der Waals surface area contributed by atoms with Crippen LogP contribution in [0.1, 0.15) is 5.56 Å². The molecule has 1 saturated heterocycles. The highest BCUT2D eigenvalue weighted by Crippen LogP contribution is 2.35. The number of aromatic nitrogens is 2. The normalized spacial score (nSPS) is 15.2. The number of rotatable bonds is 5. The van der Waals surface area contributed by atoms with Crippen molar-refractivity contribution in [1.29, 1.82) is 0 Å². The molecule has 3 aromatic rings. The molecule has 2 N–H and O–H groups in total. The van der Waals surface area contributed by atoms with Crippen molar-refractivity contribution in [2.45, 2.75) is 6.92 Å². The summed E-state index contributed by atoms with van der Waals surface area (Å²) in [7, 11) is 0. The van der Waals surface area contributed by atoms with Crippen LogP contribution in [0.15, 0.2) is 48.7 Å². The number of nitrogens with one attached hydrogen (secondary N) is 2.